The van der Waals surface area contributed by atoms with Crippen LogP contribution in [-0.2, 0) is 10.0 Å². The van der Waals surface area contributed by atoms with Crippen molar-refractivity contribution < 1.29 is 12.8 Å². The number of nitrogens with one attached hydrogen (secondary N) is 1. The second-order valence-corrected chi connectivity index (χ2v) is 6.83. The van der Waals surface area contributed by atoms with Crippen molar-refractivity contribution >= 4 is 38.3 Å². The van der Waals surface area contributed by atoms with Crippen molar-refractivity contribution in [2.45, 2.75) is 11.8 Å². The van der Waals surface area contributed by atoms with Crippen molar-refractivity contribution in [3.63, 3.8) is 0 Å². The van der Waals surface area contributed by atoms with E-state index in [9.17, 15) is 12.8 Å². The van der Waals surface area contributed by atoms with Gasteiger partial charge in [-0.2, -0.15) is 0 Å². The van der Waals surface area contributed by atoms with Gasteiger partial charge in [0.25, 0.3) is 10.0 Å². The third-order valence-electron chi connectivity index (χ3n) is 2.43. The van der Waals surface area contributed by atoms with E-state index in [0.29, 0.717) is 5.69 Å². The molecule has 2 aromatic rings. The maximum atomic E-state index is 13.0. The molecule has 0 spiro atoms. The zero-order chi connectivity index (χ0) is 14.0. The van der Waals surface area contributed by atoms with Crippen LogP contribution in [0.4, 0.5) is 10.1 Å². The van der Waals surface area contributed by atoms with E-state index in [1.807, 2.05) is 12.1 Å². The summed E-state index contributed by atoms with van der Waals surface area (Å²) in [5.74, 6) is -0.692. The van der Waals surface area contributed by atoms with E-state index < -0.39 is 15.8 Å². The number of aryl methyl sites for hydroxylation is 1. The zero-order valence-electron chi connectivity index (χ0n) is 9.89. The van der Waals surface area contributed by atoms with E-state index in [1.54, 1.807) is 13.0 Å². The van der Waals surface area contributed by atoms with Crippen molar-refractivity contribution in [1.29, 1.82) is 0 Å². The minimum atomic E-state index is -3.83. The van der Waals surface area contributed by atoms with Crippen LogP contribution in [0, 0.1) is 16.3 Å². The minimum absolute atomic E-state index is 0.203. The second-order valence-electron chi connectivity index (χ2n) is 3.90. The summed E-state index contributed by atoms with van der Waals surface area (Å²) in [6.07, 6.45) is 2.06. The van der Waals surface area contributed by atoms with Gasteiger partial charge >= 0.3 is 0 Å². The third-order valence-corrected chi connectivity index (χ3v) is 4.44. The Morgan fingerprint density at radius 3 is 2.68 bits per heavy atom. The fourth-order valence-electron chi connectivity index (χ4n) is 1.45. The molecule has 0 unspecified atom stereocenters. The lowest BCUT2D eigenvalue weighted by Crippen LogP contribution is -2.14. The molecule has 7 heteroatoms. The number of halogens is 2. The zero-order valence-corrected chi connectivity index (χ0v) is 12.9. The van der Waals surface area contributed by atoms with E-state index in [4.69, 9.17) is 0 Å². The van der Waals surface area contributed by atoms with Gasteiger partial charge in [0.05, 0.1) is 11.9 Å². The summed E-state index contributed by atoms with van der Waals surface area (Å²) in [6.45, 7) is 1.79. The third kappa shape index (κ3) is 3.41. The summed E-state index contributed by atoms with van der Waals surface area (Å²) in [7, 11) is -3.83. The van der Waals surface area contributed by atoms with Gasteiger partial charge in [0.2, 0.25) is 0 Å². The Morgan fingerprint density at radius 1 is 1.26 bits per heavy atom. The van der Waals surface area contributed by atoms with Crippen LogP contribution in [0.5, 0.6) is 0 Å². The maximum Gasteiger partial charge on any atom is 0.263 e. The van der Waals surface area contributed by atoms with Crippen LogP contribution in [0.3, 0.4) is 0 Å². The molecule has 1 heterocycles. The summed E-state index contributed by atoms with van der Waals surface area (Å²) in [6, 6.07) is 6.32. The van der Waals surface area contributed by atoms with Gasteiger partial charge in [-0.25, -0.2) is 12.8 Å². The van der Waals surface area contributed by atoms with Gasteiger partial charge in [-0.1, -0.05) is 6.07 Å². The number of aromatic nitrogens is 1. The summed E-state index contributed by atoms with van der Waals surface area (Å²) >= 11 is 2.09. The lowest BCUT2D eigenvalue weighted by atomic mass is 10.2. The molecule has 0 aliphatic rings. The highest BCUT2D eigenvalue weighted by atomic mass is 127. The Kier molecular flexibility index (Phi) is 4.04. The summed E-state index contributed by atoms with van der Waals surface area (Å²) in [5.41, 5.74) is 1.25. The van der Waals surface area contributed by atoms with E-state index in [1.165, 1.54) is 0 Å². The van der Waals surface area contributed by atoms with E-state index >= 15 is 0 Å². The SMILES string of the molecule is Cc1ccc(I)cc1NS(=O)(=O)c1cncc(F)c1. The lowest BCUT2D eigenvalue weighted by Gasteiger charge is -2.10. The molecule has 0 aliphatic carbocycles. The van der Waals surface area contributed by atoms with Gasteiger partial charge in [0.1, 0.15) is 10.7 Å². The molecule has 1 aromatic carbocycles. The molecule has 0 amide bonds. The van der Waals surface area contributed by atoms with Crippen molar-refractivity contribution in [2.24, 2.45) is 0 Å². The maximum absolute atomic E-state index is 13.0. The average Bonchev–Trinajstić information content (AvgIpc) is 2.33. The fraction of sp³-hybridized carbons (Fsp3) is 0.0833. The van der Waals surface area contributed by atoms with Gasteiger partial charge in [0.15, 0.2) is 0 Å². The fourth-order valence-corrected chi connectivity index (χ4v) is 3.03. The largest absolute Gasteiger partial charge is 0.279 e. The molecule has 1 N–H and O–H groups in total. The average molecular weight is 392 g/mol. The number of rotatable bonds is 3. The van der Waals surface area contributed by atoms with Crippen LogP contribution in [0.25, 0.3) is 0 Å². The lowest BCUT2D eigenvalue weighted by molar-refractivity contribution is 0.592. The second kappa shape index (κ2) is 5.41. The molecule has 2 rings (SSSR count). The molecule has 19 heavy (non-hydrogen) atoms. The molecule has 0 radical (unpaired) electrons. The first kappa shape index (κ1) is 14.2. The Bertz CT molecular complexity index is 719. The van der Waals surface area contributed by atoms with Crippen LogP contribution in [-0.4, -0.2) is 13.4 Å². The van der Waals surface area contributed by atoms with E-state index in [0.717, 1.165) is 27.6 Å². The quantitative estimate of drug-likeness (QED) is 0.818. The summed E-state index contributed by atoms with van der Waals surface area (Å²) in [4.78, 5) is 3.33. The monoisotopic (exact) mass is 392 g/mol. The highest BCUT2D eigenvalue weighted by Crippen LogP contribution is 2.21. The van der Waals surface area contributed by atoms with Gasteiger partial charge in [-0.3, -0.25) is 9.71 Å². The predicted molar refractivity (Wildman–Crippen MR) is 78.9 cm³/mol. The molecule has 0 bridgehead atoms. The number of anilines is 1. The molecule has 0 atom stereocenters. The number of hydrogen-bond donors (Lipinski definition) is 1. The molecule has 4 nitrogen and oxygen atoms in total. The number of pyridine rings is 1. The summed E-state index contributed by atoms with van der Waals surface area (Å²) in [5, 5.41) is 0. The van der Waals surface area contributed by atoms with Crippen molar-refractivity contribution in [1.82, 2.24) is 4.98 Å². The normalized spacial score (nSPS) is 11.3. The molecule has 100 valence electrons. The van der Waals surface area contributed by atoms with Gasteiger partial charge in [0, 0.05) is 9.77 Å². The highest BCUT2D eigenvalue weighted by molar-refractivity contribution is 14.1. The summed E-state index contributed by atoms with van der Waals surface area (Å²) < 4.78 is 40.6. The molecule has 0 aliphatic heterocycles. The van der Waals surface area contributed by atoms with Crippen LogP contribution in [0.2, 0.25) is 0 Å². The molecule has 0 saturated carbocycles. The predicted octanol–water partition coefficient (Wildman–Crippen LogP) is 2.93. The standard InChI is InChI=1S/C12H10FIN2O2S/c1-8-2-3-10(14)5-12(8)16-19(17,18)11-4-9(13)6-15-7-11/h2-7,16H,1H3. The Morgan fingerprint density at radius 2 is 2.00 bits per heavy atom. The Labute approximate surface area is 124 Å². The smallest absolute Gasteiger partial charge is 0.263 e. The van der Waals surface area contributed by atoms with E-state index in [-0.39, 0.29) is 4.90 Å². The first-order valence-corrected chi connectivity index (χ1v) is 7.84. The minimum Gasteiger partial charge on any atom is -0.279 e. The number of nitrogens with zero attached hydrogens (tertiary/aromatic N) is 1. The first-order chi connectivity index (χ1) is 8.88. The van der Waals surface area contributed by atoms with Crippen LogP contribution >= 0.6 is 22.6 Å². The molecular formula is C12H10FIN2O2S. The van der Waals surface area contributed by atoms with Crippen molar-refractivity contribution in [3.8, 4) is 0 Å². The Balaban J connectivity index is 2.39. The number of sulfonamides is 1. The highest BCUT2D eigenvalue weighted by Gasteiger charge is 2.16. The van der Waals surface area contributed by atoms with Crippen molar-refractivity contribution in [2.75, 3.05) is 4.72 Å². The van der Waals surface area contributed by atoms with Gasteiger partial charge in [-0.15, -0.1) is 0 Å². The van der Waals surface area contributed by atoms with Crippen molar-refractivity contribution in [3.05, 3.63) is 51.6 Å². The molecular weight excluding hydrogens is 382 g/mol. The van der Waals surface area contributed by atoms with E-state index in [2.05, 4.69) is 32.3 Å². The molecule has 0 fully saturated rings. The topological polar surface area (TPSA) is 59.1 Å². The number of hydrogen-bond acceptors (Lipinski definition) is 3. The van der Waals surface area contributed by atoms with Gasteiger partial charge < -0.3 is 0 Å². The molecule has 1 aromatic heterocycles. The van der Waals surface area contributed by atoms with Crippen LogP contribution in [0.15, 0.2) is 41.6 Å². The molecule has 0 saturated heterocycles. The number of benzene rings is 1. The van der Waals surface area contributed by atoms with Crippen LogP contribution in [0.1, 0.15) is 5.56 Å². The van der Waals surface area contributed by atoms with Gasteiger partial charge in [-0.05, 0) is 53.3 Å². The van der Waals surface area contributed by atoms with Crippen LogP contribution < -0.4 is 4.72 Å². The first-order valence-electron chi connectivity index (χ1n) is 5.28. The Hall–Kier alpha value is -1.22.